The van der Waals surface area contributed by atoms with Gasteiger partial charge < -0.3 is 4.74 Å². The Hall–Kier alpha value is -1.68. The molecule has 3 rings (SSSR count). The number of nitrogens with zero attached hydrogens (tertiary/aromatic N) is 1. The van der Waals surface area contributed by atoms with Crippen LogP contribution >= 0.6 is 11.3 Å². The van der Waals surface area contributed by atoms with Gasteiger partial charge in [0.25, 0.3) is 0 Å². The van der Waals surface area contributed by atoms with E-state index in [0.717, 1.165) is 18.0 Å². The Kier molecular flexibility index (Phi) is 5.34. The van der Waals surface area contributed by atoms with Crippen molar-refractivity contribution in [1.82, 2.24) is 0 Å². The molecule has 1 fully saturated rings. The van der Waals surface area contributed by atoms with Gasteiger partial charge in [-0.3, -0.25) is 0 Å². The molecule has 2 aromatic heterocycles. The first-order valence-electron chi connectivity index (χ1n) is 8.83. The van der Waals surface area contributed by atoms with Gasteiger partial charge in [-0.05, 0) is 48.6 Å². The largest absolute Gasteiger partial charge is 0.465 e. The molecular formula is C20H26NO2S+. The molecule has 2 heterocycles. The van der Waals surface area contributed by atoms with Crippen molar-refractivity contribution >= 4 is 17.3 Å². The number of carbonyl (C=O) groups excluding carboxylic acids is 1. The molecule has 0 saturated heterocycles. The molecule has 4 heteroatoms. The number of ether oxygens (including phenoxy) is 1. The minimum absolute atomic E-state index is 0.240. The van der Waals surface area contributed by atoms with Gasteiger partial charge in [-0.1, -0.05) is 19.8 Å². The van der Waals surface area contributed by atoms with Gasteiger partial charge in [0.05, 0.1) is 7.11 Å². The van der Waals surface area contributed by atoms with E-state index in [1.807, 2.05) is 5.38 Å². The van der Waals surface area contributed by atoms with E-state index in [1.165, 1.54) is 55.3 Å². The summed E-state index contributed by atoms with van der Waals surface area (Å²) in [6.45, 7) is 5.48. The molecule has 0 aliphatic heterocycles. The SMILES string of the molecule is CC[n+]1ccc(-c2ccsc2C(=O)OC)c(C2CCC(C)CC2)c1. The number of hydrogen-bond donors (Lipinski definition) is 0. The molecule has 0 radical (unpaired) electrons. The third kappa shape index (κ3) is 3.39. The third-order valence-corrected chi connectivity index (χ3v) is 6.09. The Bertz CT molecular complexity index is 714. The summed E-state index contributed by atoms with van der Waals surface area (Å²) in [5.74, 6) is 1.18. The summed E-state index contributed by atoms with van der Waals surface area (Å²) in [6.07, 6.45) is 9.45. The number of methoxy groups -OCH3 is 1. The van der Waals surface area contributed by atoms with Crippen molar-refractivity contribution in [3.8, 4) is 11.1 Å². The minimum Gasteiger partial charge on any atom is -0.465 e. The van der Waals surface area contributed by atoms with Crippen LogP contribution in [0.4, 0.5) is 0 Å². The van der Waals surface area contributed by atoms with Crippen LogP contribution in [0.5, 0.6) is 0 Å². The first kappa shape index (κ1) is 17.2. The summed E-state index contributed by atoms with van der Waals surface area (Å²) in [6, 6.07) is 4.23. The van der Waals surface area contributed by atoms with Crippen molar-refractivity contribution < 1.29 is 14.1 Å². The monoisotopic (exact) mass is 344 g/mol. The van der Waals surface area contributed by atoms with Crippen LogP contribution in [0.25, 0.3) is 11.1 Å². The fourth-order valence-electron chi connectivity index (χ4n) is 3.67. The maximum absolute atomic E-state index is 12.1. The highest BCUT2D eigenvalue weighted by Gasteiger charge is 2.26. The van der Waals surface area contributed by atoms with Crippen LogP contribution < -0.4 is 4.57 Å². The smallest absolute Gasteiger partial charge is 0.348 e. The number of carbonyl (C=O) groups is 1. The topological polar surface area (TPSA) is 30.2 Å². The maximum Gasteiger partial charge on any atom is 0.348 e. The van der Waals surface area contributed by atoms with Gasteiger partial charge in [0.1, 0.15) is 11.4 Å². The van der Waals surface area contributed by atoms with Gasteiger partial charge in [0.15, 0.2) is 12.4 Å². The van der Waals surface area contributed by atoms with Crippen molar-refractivity contribution in [2.75, 3.05) is 7.11 Å². The normalized spacial score (nSPS) is 20.8. The molecule has 0 amide bonds. The summed E-state index contributed by atoms with van der Waals surface area (Å²) in [5, 5.41) is 1.98. The number of aryl methyl sites for hydroxylation is 1. The predicted octanol–water partition coefficient (Wildman–Crippen LogP) is 4.80. The van der Waals surface area contributed by atoms with E-state index in [1.54, 1.807) is 0 Å². The number of aromatic nitrogens is 1. The van der Waals surface area contributed by atoms with Crippen molar-refractivity contribution in [3.05, 3.63) is 40.3 Å². The molecular weight excluding hydrogens is 318 g/mol. The lowest BCUT2D eigenvalue weighted by Gasteiger charge is -2.27. The number of hydrogen-bond acceptors (Lipinski definition) is 3. The molecule has 0 atom stereocenters. The average molecular weight is 345 g/mol. The molecule has 0 bridgehead atoms. The number of rotatable bonds is 4. The highest BCUT2D eigenvalue weighted by molar-refractivity contribution is 7.12. The van der Waals surface area contributed by atoms with E-state index in [2.05, 4.69) is 42.9 Å². The van der Waals surface area contributed by atoms with E-state index in [0.29, 0.717) is 10.8 Å². The Morgan fingerprint density at radius 3 is 2.67 bits per heavy atom. The Labute approximate surface area is 148 Å². The molecule has 0 aromatic carbocycles. The molecule has 1 saturated carbocycles. The van der Waals surface area contributed by atoms with Crippen LogP contribution in [0.1, 0.15) is 60.7 Å². The standard InChI is InChI=1S/C20H26NO2S/c1-4-21-11-9-16(17-10-12-24-19(17)20(22)23-3)18(13-21)15-7-5-14(2)6-8-15/h9-15H,4-8H2,1-3H3/q+1. The van der Waals surface area contributed by atoms with Gasteiger partial charge in [0.2, 0.25) is 0 Å². The predicted molar refractivity (Wildman–Crippen MR) is 97.3 cm³/mol. The van der Waals surface area contributed by atoms with Crippen LogP contribution in [0.2, 0.25) is 0 Å². The number of thiophene rings is 1. The van der Waals surface area contributed by atoms with Gasteiger partial charge in [-0.25, -0.2) is 9.36 Å². The molecule has 128 valence electrons. The summed E-state index contributed by atoms with van der Waals surface area (Å²) in [5.41, 5.74) is 3.60. The van der Waals surface area contributed by atoms with Gasteiger partial charge in [-0.2, -0.15) is 0 Å². The van der Waals surface area contributed by atoms with Crippen molar-refractivity contribution in [2.45, 2.75) is 52.0 Å². The lowest BCUT2D eigenvalue weighted by atomic mass is 9.78. The summed E-state index contributed by atoms with van der Waals surface area (Å²) in [4.78, 5) is 12.8. The van der Waals surface area contributed by atoms with Gasteiger partial charge in [0, 0.05) is 17.2 Å². The maximum atomic E-state index is 12.1. The molecule has 2 aromatic rings. The lowest BCUT2D eigenvalue weighted by Crippen LogP contribution is -2.32. The zero-order chi connectivity index (χ0) is 17.1. The molecule has 0 N–H and O–H groups in total. The van der Waals surface area contributed by atoms with Gasteiger partial charge in [-0.15, -0.1) is 11.3 Å². The quantitative estimate of drug-likeness (QED) is 0.589. The fraction of sp³-hybridized carbons (Fsp3) is 0.500. The zero-order valence-electron chi connectivity index (χ0n) is 14.7. The van der Waals surface area contributed by atoms with Crippen LogP contribution in [0.15, 0.2) is 29.9 Å². The molecule has 0 unspecified atom stereocenters. The number of esters is 1. The second-order valence-electron chi connectivity index (χ2n) is 6.76. The second kappa shape index (κ2) is 7.47. The van der Waals surface area contributed by atoms with E-state index in [9.17, 15) is 4.79 Å². The third-order valence-electron chi connectivity index (χ3n) is 5.20. The van der Waals surface area contributed by atoms with Crippen LogP contribution in [-0.4, -0.2) is 13.1 Å². The zero-order valence-corrected chi connectivity index (χ0v) is 15.6. The van der Waals surface area contributed by atoms with Crippen molar-refractivity contribution in [3.63, 3.8) is 0 Å². The van der Waals surface area contributed by atoms with Crippen LogP contribution in [-0.2, 0) is 11.3 Å². The van der Waals surface area contributed by atoms with Crippen molar-refractivity contribution in [1.29, 1.82) is 0 Å². The number of pyridine rings is 1. The molecule has 1 aliphatic carbocycles. The Balaban J connectivity index is 2.05. The Morgan fingerprint density at radius 1 is 1.25 bits per heavy atom. The fourth-order valence-corrected chi connectivity index (χ4v) is 4.49. The van der Waals surface area contributed by atoms with E-state index in [-0.39, 0.29) is 5.97 Å². The summed E-state index contributed by atoms with van der Waals surface area (Å²) >= 11 is 1.46. The molecule has 0 spiro atoms. The summed E-state index contributed by atoms with van der Waals surface area (Å²) in [7, 11) is 1.45. The highest BCUT2D eigenvalue weighted by Crippen LogP contribution is 2.40. The van der Waals surface area contributed by atoms with Crippen LogP contribution in [0.3, 0.4) is 0 Å². The van der Waals surface area contributed by atoms with Gasteiger partial charge >= 0.3 is 5.97 Å². The van der Waals surface area contributed by atoms with E-state index >= 15 is 0 Å². The Morgan fingerprint density at radius 2 is 2.00 bits per heavy atom. The second-order valence-corrected chi connectivity index (χ2v) is 7.67. The van der Waals surface area contributed by atoms with E-state index in [4.69, 9.17) is 4.74 Å². The lowest BCUT2D eigenvalue weighted by molar-refractivity contribution is -0.693. The molecule has 3 nitrogen and oxygen atoms in total. The first-order chi connectivity index (χ1) is 11.6. The molecule has 24 heavy (non-hydrogen) atoms. The molecule has 1 aliphatic rings. The van der Waals surface area contributed by atoms with Crippen molar-refractivity contribution in [2.24, 2.45) is 5.92 Å². The summed E-state index contributed by atoms with van der Waals surface area (Å²) < 4.78 is 7.20. The average Bonchev–Trinajstić information content (AvgIpc) is 3.10. The minimum atomic E-state index is -0.240. The van der Waals surface area contributed by atoms with Crippen LogP contribution in [0, 0.1) is 5.92 Å². The van der Waals surface area contributed by atoms with E-state index < -0.39 is 0 Å². The highest BCUT2D eigenvalue weighted by atomic mass is 32.1. The first-order valence-corrected chi connectivity index (χ1v) is 9.71.